The first-order valence-electron chi connectivity index (χ1n) is 4.37. The van der Waals surface area contributed by atoms with Crippen molar-refractivity contribution in [3.8, 4) is 0 Å². The number of aliphatic carboxylic acids is 1. The van der Waals surface area contributed by atoms with Gasteiger partial charge in [-0.25, -0.2) is 0 Å². The standard InChI is InChI=1S/C8H14N2O2/c9-8(7(11)12)2-4-10-3-1-6(8)5-10/h6H,1-5,9H2,(H,11,12). The average molecular weight is 170 g/mol. The van der Waals surface area contributed by atoms with Gasteiger partial charge in [0.1, 0.15) is 5.54 Å². The van der Waals surface area contributed by atoms with Crippen LogP contribution >= 0.6 is 0 Å². The number of hydrogen-bond donors (Lipinski definition) is 2. The second-order valence-electron chi connectivity index (χ2n) is 3.88. The fraction of sp³-hybridized carbons (Fsp3) is 0.875. The molecule has 68 valence electrons. The van der Waals surface area contributed by atoms with Crippen LogP contribution in [0.15, 0.2) is 0 Å². The van der Waals surface area contributed by atoms with Crippen molar-refractivity contribution < 1.29 is 9.90 Å². The summed E-state index contributed by atoms with van der Waals surface area (Å²) < 4.78 is 0. The predicted octanol–water partition coefficient (Wildman–Crippen LogP) is -0.506. The van der Waals surface area contributed by atoms with E-state index in [1.165, 1.54) is 0 Å². The molecule has 0 radical (unpaired) electrons. The van der Waals surface area contributed by atoms with Crippen molar-refractivity contribution in [2.75, 3.05) is 19.6 Å². The first kappa shape index (κ1) is 8.01. The number of carboxylic acids is 1. The van der Waals surface area contributed by atoms with Crippen LogP contribution in [0.1, 0.15) is 12.8 Å². The molecule has 0 spiro atoms. The number of rotatable bonds is 1. The van der Waals surface area contributed by atoms with Gasteiger partial charge in [-0.1, -0.05) is 0 Å². The fourth-order valence-corrected chi connectivity index (χ4v) is 2.29. The molecule has 3 atom stereocenters. The Bertz CT molecular complexity index is 219. The summed E-state index contributed by atoms with van der Waals surface area (Å²) >= 11 is 0. The zero-order valence-corrected chi connectivity index (χ0v) is 6.99. The molecular weight excluding hydrogens is 156 g/mol. The van der Waals surface area contributed by atoms with E-state index >= 15 is 0 Å². The molecule has 0 saturated carbocycles. The summed E-state index contributed by atoms with van der Waals surface area (Å²) in [6, 6.07) is 0. The number of fused-ring (bicyclic) bond motifs is 2. The summed E-state index contributed by atoms with van der Waals surface area (Å²) in [7, 11) is 0. The third-order valence-electron chi connectivity index (χ3n) is 3.24. The van der Waals surface area contributed by atoms with Crippen LogP contribution in [-0.2, 0) is 4.79 Å². The number of hydrogen-bond acceptors (Lipinski definition) is 3. The number of nitrogens with two attached hydrogens (primary N) is 1. The lowest BCUT2D eigenvalue weighted by Crippen LogP contribution is -2.58. The Morgan fingerprint density at radius 3 is 3.00 bits per heavy atom. The molecule has 2 aliphatic rings. The van der Waals surface area contributed by atoms with Gasteiger partial charge in [0, 0.05) is 19.0 Å². The van der Waals surface area contributed by atoms with E-state index in [2.05, 4.69) is 4.90 Å². The van der Waals surface area contributed by atoms with Gasteiger partial charge in [-0.15, -0.1) is 0 Å². The van der Waals surface area contributed by atoms with E-state index in [0.29, 0.717) is 6.42 Å². The Labute approximate surface area is 71.3 Å². The zero-order valence-electron chi connectivity index (χ0n) is 6.99. The quantitative estimate of drug-likeness (QED) is 0.556. The van der Waals surface area contributed by atoms with Gasteiger partial charge in [0.15, 0.2) is 0 Å². The lowest BCUT2D eigenvalue weighted by Gasteiger charge is -2.36. The van der Waals surface area contributed by atoms with Crippen LogP contribution in [0.25, 0.3) is 0 Å². The smallest absolute Gasteiger partial charge is 0.324 e. The van der Waals surface area contributed by atoms with E-state index in [4.69, 9.17) is 10.8 Å². The van der Waals surface area contributed by atoms with Crippen LogP contribution in [0.3, 0.4) is 0 Å². The largest absolute Gasteiger partial charge is 0.480 e. The van der Waals surface area contributed by atoms with Crippen molar-refractivity contribution in [2.24, 2.45) is 11.7 Å². The molecule has 3 N–H and O–H groups in total. The number of carboxylic acid groups (broad SMARTS) is 1. The van der Waals surface area contributed by atoms with Crippen LogP contribution in [0.2, 0.25) is 0 Å². The topological polar surface area (TPSA) is 66.6 Å². The third-order valence-corrected chi connectivity index (χ3v) is 3.24. The van der Waals surface area contributed by atoms with Crippen LogP contribution in [0.4, 0.5) is 0 Å². The Hall–Kier alpha value is -0.610. The van der Waals surface area contributed by atoms with Crippen LogP contribution in [-0.4, -0.2) is 41.1 Å². The molecule has 12 heavy (non-hydrogen) atoms. The highest BCUT2D eigenvalue weighted by Crippen LogP contribution is 2.33. The first-order chi connectivity index (χ1) is 5.63. The maximum absolute atomic E-state index is 10.9. The maximum Gasteiger partial charge on any atom is 0.324 e. The Balaban J connectivity index is 2.21. The summed E-state index contributed by atoms with van der Waals surface area (Å²) in [5.74, 6) is -0.655. The minimum absolute atomic E-state index is 0.170. The Morgan fingerprint density at radius 1 is 1.58 bits per heavy atom. The molecular formula is C8H14N2O2. The van der Waals surface area contributed by atoms with Crippen molar-refractivity contribution in [2.45, 2.75) is 18.4 Å². The van der Waals surface area contributed by atoms with Gasteiger partial charge in [-0.2, -0.15) is 0 Å². The van der Waals surface area contributed by atoms with Gasteiger partial charge < -0.3 is 15.7 Å². The molecule has 4 heteroatoms. The number of piperidine rings is 1. The average Bonchev–Trinajstić information content (AvgIpc) is 2.43. The zero-order chi connectivity index (χ0) is 8.77. The molecule has 4 nitrogen and oxygen atoms in total. The molecule has 2 bridgehead atoms. The monoisotopic (exact) mass is 170 g/mol. The predicted molar refractivity (Wildman–Crippen MR) is 43.7 cm³/mol. The summed E-state index contributed by atoms with van der Waals surface area (Å²) in [6.07, 6.45) is 1.55. The lowest BCUT2D eigenvalue weighted by atomic mass is 9.80. The summed E-state index contributed by atoms with van der Waals surface area (Å²) in [5.41, 5.74) is 4.92. The van der Waals surface area contributed by atoms with Crippen molar-refractivity contribution in [3.63, 3.8) is 0 Å². The molecule has 2 aliphatic heterocycles. The van der Waals surface area contributed by atoms with Gasteiger partial charge in [-0.3, -0.25) is 4.79 Å². The Kier molecular flexibility index (Phi) is 1.63. The van der Waals surface area contributed by atoms with E-state index in [0.717, 1.165) is 26.1 Å². The Morgan fingerprint density at radius 2 is 2.33 bits per heavy atom. The first-order valence-corrected chi connectivity index (χ1v) is 4.37. The van der Waals surface area contributed by atoms with E-state index in [9.17, 15) is 4.79 Å². The number of carbonyl (C=O) groups is 1. The molecule has 0 aliphatic carbocycles. The second-order valence-corrected chi connectivity index (χ2v) is 3.88. The highest BCUT2D eigenvalue weighted by Gasteiger charge is 2.48. The fourth-order valence-electron chi connectivity index (χ4n) is 2.29. The number of nitrogens with zero attached hydrogens (tertiary/aromatic N) is 1. The van der Waals surface area contributed by atoms with Gasteiger partial charge in [0.25, 0.3) is 0 Å². The molecule has 2 heterocycles. The summed E-state index contributed by atoms with van der Waals surface area (Å²) in [6.45, 7) is 2.75. The maximum atomic E-state index is 10.9. The van der Waals surface area contributed by atoms with Crippen LogP contribution in [0.5, 0.6) is 0 Å². The molecule has 0 amide bonds. The van der Waals surface area contributed by atoms with Crippen molar-refractivity contribution in [1.82, 2.24) is 4.90 Å². The van der Waals surface area contributed by atoms with E-state index in [1.54, 1.807) is 0 Å². The lowest BCUT2D eigenvalue weighted by molar-refractivity contribution is -0.146. The molecule has 0 aromatic rings. The summed E-state index contributed by atoms with van der Waals surface area (Å²) in [5, 5.41) is 8.97. The van der Waals surface area contributed by atoms with Gasteiger partial charge in [0.2, 0.25) is 0 Å². The second kappa shape index (κ2) is 2.44. The van der Waals surface area contributed by atoms with Gasteiger partial charge in [0.05, 0.1) is 0 Å². The minimum atomic E-state index is -0.938. The van der Waals surface area contributed by atoms with E-state index < -0.39 is 11.5 Å². The molecule has 2 fully saturated rings. The third kappa shape index (κ3) is 0.949. The molecule has 2 rings (SSSR count). The van der Waals surface area contributed by atoms with Crippen molar-refractivity contribution in [1.29, 1.82) is 0 Å². The van der Waals surface area contributed by atoms with E-state index in [-0.39, 0.29) is 5.92 Å². The highest BCUT2D eigenvalue weighted by molar-refractivity contribution is 5.79. The van der Waals surface area contributed by atoms with Gasteiger partial charge in [-0.05, 0) is 19.4 Å². The normalized spacial score (nSPS) is 46.1. The van der Waals surface area contributed by atoms with Gasteiger partial charge >= 0.3 is 5.97 Å². The molecule has 0 aromatic heterocycles. The minimum Gasteiger partial charge on any atom is -0.480 e. The molecule has 2 saturated heterocycles. The van der Waals surface area contributed by atoms with Crippen LogP contribution in [0, 0.1) is 5.92 Å². The highest BCUT2D eigenvalue weighted by atomic mass is 16.4. The molecule has 0 aromatic carbocycles. The van der Waals surface area contributed by atoms with E-state index in [1.807, 2.05) is 0 Å². The SMILES string of the molecule is NC1(C(=O)O)CCN2CCC1C2. The van der Waals surface area contributed by atoms with Crippen molar-refractivity contribution >= 4 is 5.97 Å². The summed E-state index contributed by atoms with van der Waals surface area (Å²) in [4.78, 5) is 13.2. The van der Waals surface area contributed by atoms with Crippen LogP contribution < -0.4 is 5.73 Å². The molecule has 3 unspecified atom stereocenters. The van der Waals surface area contributed by atoms with Crippen molar-refractivity contribution in [3.05, 3.63) is 0 Å².